The van der Waals surface area contributed by atoms with E-state index in [4.69, 9.17) is 9.84 Å². The molecule has 6 nitrogen and oxygen atoms in total. The lowest BCUT2D eigenvalue weighted by atomic mass is 10.3. The number of rotatable bonds is 8. The summed E-state index contributed by atoms with van der Waals surface area (Å²) in [7, 11) is -0.510. The van der Waals surface area contributed by atoms with Gasteiger partial charge in [-0.1, -0.05) is 6.58 Å². The molecule has 0 amide bonds. The standard InChI is InChI=1S/C8H15O6P/c1-7(8(9)10)6-14-4-5-15(11,12-2)13-3/h1,4-6H2,2-3H3,(H,9,10). The normalized spacial score (nSPS) is 11.3. The average molecular weight is 238 g/mol. The van der Waals surface area contributed by atoms with Crippen LogP contribution in [0.15, 0.2) is 12.2 Å². The Hall–Kier alpha value is -0.680. The second kappa shape index (κ2) is 6.74. The fourth-order valence-corrected chi connectivity index (χ4v) is 1.56. The summed E-state index contributed by atoms with van der Waals surface area (Å²) in [5.41, 5.74) is -0.0559. The van der Waals surface area contributed by atoms with E-state index >= 15 is 0 Å². The number of carbonyl (C=O) groups is 1. The van der Waals surface area contributed by atoms with Gasteiger partial charge in [-0.2, -0.15) is 0 Å². The van der Waals surface area contributed by atoms with Gasteiger partial charge in [-0.3, -0.25) is 4.57 Å². The molecule has 0 radical (unpaired) electrons. The summed E-state index contributed by atoms with van der Waals surface area (Å²) >= 11 is 0. The smallest absolute Gasteiger partial charge is 0.333 e. The van der Waals surface area contributed by atoms with E-state index in [1.165, 1.54) is 14.2 Å². The van der Waals surface area contributed by atoms with Crippen molar-refractivity contribution in [3.63, 3.8) is 0 Å². The second-order valence-corrected chi connectivity index (χ2v) is 5.06. The van der Waals surface area contributed by atoms with Gasteiger partial charge in [0.15, 0.2) is 0 Å². The third-order valence-electron chi connectivity index (χ3n) is 1.64. The summed E-state index contributed by atoms with van der Waals surface area (Å²) in [6.07, 6.45) is 0.0763. The minimum atomic E-state index is -3.07. The summed E-state index contributed by atoms with van der Waals surface area (Å²) in [4.78, 5) is 10.3. The Morgan fingerprint density at radius 2 is 1.93 bits per heavy atom. The van der Waals surface area contributed by atoms with Crippen LogP contribution in [0.5, 0.6) is 0 Å². The molecule has 15 heavy (non-hydrogen) atoms. The van der Waals surface area contributed by atoms with E-state index in [2.05, 4.69) is 15.6 Å². The largest absolute Gasteiger partial charge is 0.478 e. The summed E-state index contributed by atoms with van der Waals surface area (Å²) in [6.45, 7) is 3.25. The molecule has 0 aliphatic rings. The van der Waals surface area contributed by atoms with Crippen LogP contribution in [0.2, 0.25) is 0 Å². The van der Waals surface area contributed by atoms with Gasteiger partial charge in [0.25, 0.3) is 0 Å². The molecular formula is C8H15O6P. The zero-order valence-electron chi connectivity index (χ0n) is 8.76. The van der Waals surface area contributed by atoms with Crippen LogP contribution in [-0.4, -0.2) is 44.7 Å². The van der Waals surface area contributed by atoms with E-state index in [9.17, 15) is 9.36 Å². The third kappa shape index (κ3) is 5.69. The molecule has 0 saturated carbocycles. The first-order chi connectivity index (χ1) is 6.95. The highest BCUT2D eigenvalue weighted by Gasteiger charge is 2.20. The summed E-state index contributed by atoms with van der Waals surface area (Å²) in [5.74, 6) is -1.11. The van der Waals surface area contributed by atoms with Crippen molar-refractivity contribution in [1.82, 2.24) is 0 Å². The molecule has 0 aliphatic heterocycles. The van der Waals surface area contributed by atoms with Gasteiger partial charge < -0.3 is 18.9 Å². The fraction of sp³-hybridized carbons (Fsp3) is 0.625. The van der Waals surface area contributed by atoms with Crippen molar-refractivity contribution < 1.29 is 28.3 Å². The Balaban J connectivity index is 3.76. The van der Waals surface area contributed by atoms with Crippen molar-refractivity contribution in [2.45, 2.75) is 0 Å². The lowest BCUT2D eigenvalue weighted by Crippen LogP contribution is -2.10. The van der Waals surface area contributed by atoms with E-state index in [1.807, 2.05) is 0 Å². The quantitative estimate of drug-likeness (QED) is 0.387. The lowest BCUT2D eigenvalue weighted by Gasteiger charge is -2.13. The van der Waals surface area contributed by atoms with Gasteiger partial charge in [0.05, 0.1) is 24.9 Å². The van der Waals surface area contributed by atoms with Crippen molar-refractivity contribution >= 4 is 13.6 Å². The maximum Gasteiger partial charge on any atom is 0.333 e. The first-order valence-electron chi connectivity index (χ1n) is 4.14. The van der Waals surface area contributed by atoms with Crippen LogP contribution in [0.3, 0.4) is 0 Å². The number of hydrogen-bond acceptors (Lipinski definition) is 5. The van der Waals surface area contributed by atoms with Crippen molar-refractivity contribution in [1.29, 1.82) is 0 Å². The van der Waals surface area contributed by atoms with Crippen LogP contribution in [0.25, 0.3) is 0 Å². The van der Waals surface area contributed by atoms with Crippen LogP contribution in [0, 0.1) is 0 Å². The number of carboxylic acids is 1. The Morgan fingerprint density at radius 3 is 2.33 bits per heavy atom. The zero-order chi connectivity index (χ0) is 11.9. The molecule has 0 heterocycles. The van der Waals surface area contributed by atoms with Gasteiger partial charge in [-0.05, 0) is 0 Å². The molecule has 0 rings (SSSR count). The molecule has 0 aromatic heterocycles. The van der Waals surface area contributed by atoms with Gasteiger partial charge in [0.1, 0.15) is 0 Å². The van der Waals surface area contributed by atoms with Crippen molar-refractivity contribution in [3.8, 4) is 0 Å². The summed E-state index contributed by atoms with van der Waals surface area (Å²) < 4.78 is 25.7. The SMILES string of the molecule is C=C(COCCP(=O)(OC)OC)C(=O)O. The maximum absolute atomic E-state index is 11.5. The first kappa shape index (κ1) is 14.3. The molecular weight excluding hydrogens is 223 g/mol. The minimum Gasteiger partial charge on any atom is -0.478 e. The van der Waals surface area contributed by atoms with Gasteiger partial charge >= 0.3 is 13.6 Å². The monoisotopic (exact) mass is 238 g/mol. The average Bonchev–Trinajstić information content (AvgIpc) is 2.23. The van der Waals surface area contributed by atoms with E-state index < -0.39 is 13.6 Å². The number of aliphatic carboxylic acids is 1. The highest BCUT2D eigenvalue weighted by molar-refractivity contribution is 7.53. The van der Waals surface area contributed by atoms with Crippen LogP contribution in [0.1, 0.15) is 0 Å². The lowest BCUT2D eigenvalue weighted by molar-refractivity contribution is -0.133. The molecule has 0 bridgehead atoms. The first-order valence-corrected chi connectivity index (χ1v) is 5.87. The van der Waals surface area contributed by atoms with Crippen LogP contribution < -0.4 is 0 Å². The molecule has 0 atom stereocenters. The van der Waals surface area contributed by atoms with Gasteiger partial charge in [0.2, 0.25) is 0 Å². The molecule has 1 N–H and O–H groups in total. The third-order valence-corrected chi connectivity index (χ3v) is 3.49. The second-order valence-electron chi connectivity index (χ2n) is 2.66. The predicted molar refractivity (Wildman–Crippen MR) is 54.1 cm³/mol. The van der Waals surface area contributed by atoms with Crippen molar-refractivity contribution in [2.24, 2.45) is 0 Å². The molecule has 0 unspecified atom stereocenters. The molecule has 0 aromatic carbocycles. The zero-order valence-corrected chi connectivity index (χ0v) is 9.66. The van der Waals surface area contributed by atoms with Crippen molar-refractivity contribution in [2.75, 3.05) is 33.6 Å². The Kier molecular flexibility index (Phi) is 6.43. The molecule has 0 spiro atoms. The van der Waals surface area contributed by atoms with E-state index in [0.29, 0.717) is 0 Å². The highest BCUT2D eigenvalue weighted by Crippen LogP contribution is 2.45. The van der Waals surface area contributed by atoms with E-state index in [-0.39, 0.29) is 24.9 Å². The van der Waals surface area contributed by atoms with E-state index in [0.717, 1.165) is 0 Å². The van der Waals surface area contributed by atoms with Gasteiger partial charge in [0, 0.05) is 14.2 Å². The molecule has 0 aliphatic carbocycles. The Bertz CT molecular complexity index is 266. The number of carboxylic acid groups (broad SMARTS) is 1. The van der Waals surface area contributed by atoms with Gasteiger partial charge in [-0.15, -0.1) is 0 Å². The minimum absolute atomic E-state index is 0.0559. The molecule has 0 aromatic rings. The van der Waals surface area contributed by atoms with E-state index in [1.54, 1.807) is 0 Å². The number of ether oxygens (including phenoxy) is 1. The molecule has 0 saturated heterocycles. The summed E-state index contributed by atoms with van der Waals surface area (Å²) in [6, 6.07) is 0. The number of hydrogen-bond donors (Lipinski definition) is 1. The molecule has 88 valence electrons. The van der Waals surface area contributed by atoms with Crippen LogP contribution >= 0.6 is 7.60 Å². The highest BCUT2D eigenvalue weighted by atomic mass is 31.2. The topological polar surface area (TPSA) is 82.1 Å². The van der Waals surface area contributed by atoms with Crippen LogP contribution in [0.4, 0.5) is 0 Å². The Labute approximate surface area is 88.4 Å². The van der Waals surface area contributed by atoms with Crippen LogP contribution in [-0.2, 0) is 23.1 Å². The predicted octanol–water partition coefficient (Wildman–Crippen LogP) is 1.13. The van der Waals surface area contributed by atoms with Crippen molar-refractivity contribution in [3.05, 3.63) is 12.2 Å². The maximum atomic E-state index is 11.5. The molecule has 7 heteroatoms. The van der Waals surface area contributed by atoms with Gasteiger partial charge in [-0.25, -0.2) is 4.79 Å². The fourth-order valence-electron chi connectivity index (χ4n) is 0.691. The Morgan fingerprint density at radius 1 is 1.40 bits per heavy atom. The summed E-state index contributed by atoms with van der Waals surface area (Å²) in [5, 5.41) is 8.45. The molecule has 0 fully saturated rings.